The maximum Gasteiger partial charge on any atom is 0.416 e. The normalized spacial score (nSPS) is 11.5. The summed E-state index contributed by atoms with van der Waals surface area (Å²) in [4.78, 5) is 11.4. The van der Waals surface area contributed by atoms with Gasteiger partial charge in [0.05, 0.1) is 12.7 Å². The molecule has 0 saturated carbocycles. The zero-order valence-corrected chi connectivity index (χ0v) is 12.4. The Morgan fingerprint density at radius 2 is 1.67 bits per heavy atom. The van der Waals surface area contributed by atoms with Crippen molar-refractivity contribution in [1.82, 2.24) is 0 Å². The number of esters is 1. The second-order valence-electron chi connectivity index (χ2n) is 4.93. The van der Waals surface area contributed by atoms with E-state index in [4.69, 9.17) is 9.15 Å². The Morgan fingerprint density at radius 3 is 2.29 bits per heavy atom. The van der Waals surface area contributed by atoms with Crippen LogP contribution in [0.2, 0.25) is 0 Å². The number of hydrogen-bond acceptors (Lipinski definition) is 4. The Morgan fingerprint density at radius 1 is 1.00 bits per heavy atom. The van der Waals surface area contributed by atoms with E-state index in [0.29, 0.717) is 16.7 Å². The van der Waals surface area contributed by atoms with Crippen LogP contribution in [0.3, 0.4) is 0 Å². The quantitative estimate of drug-likeness (QED) is 0.629. The molecule has 3 rings (SSSR count). The molecule has 0 unspecified atom stereocenters. The van der Waals surface area contributed by atoms with Crippen LogP contribution < -0.4 is 4.74 Å². The Kier molecular flexibility index (Phi) is 3.92. The molecular formula is C17H11F3O4. The van der Waals surface area contributed by atoms with Gasteiger partial charge < -0.3 is 13.9 Å². The van der Waals surface area contributed by atoms with Crippen molar-refractivity contribution in [3.8, 4) is 11.5 Å². The number of methoxy groups -OCH3 is 1. The van der Waals surface area contributed by atoms with Crippen molar-refractivity contribution in [2.45, 2.75) is 6.18 Å². The van der Waals surface area contributed by atoms with Crippen molar-refractivity contribution < 1.29 is 31.9 Å². The number of carbonyl (C=O) groups excluding carboxylic acids is 1. The van der Waals surface area contributed by atoms with E-state index in [-0.39, 0.29) is 11.5 Å². The van der Waals surface area contributed by atoms with Crippen LogP contribution in [0.5, 0.6) is 11.5 Å². The molecule has 0 amide bonds. The van der Waals surface area contributed by atoms with Crippen LogP contribution in [0.4, 0.5) is 13.2 Å². The minimum atomic E-state index is -4.39. The predicted octanol–water partition coefficient (Wildman–Crippen LogP) is 5.03. The fourth-order valence-corrected chi connectivity index (χ4v) is 2.12. The maximum atomic E-state index is 12.5. The standard InChI is InChI=1S/C17H11F3O4/c1-22-16(21)15-8-10-2-5-13(9-14(10)24-15)23-12-6-3-11(4-7-12)17(18,19)20/h2-9H,1H3. The van der Waals surface area contributed by atoms with Crippen molar-refractivity contribution in [2.24, 2.45) is 0 Å². The van der Waals surface area contributed by atoms with E-state index in [1.54, 1.807) is 18.2 Å². The van der Waals surface area contributed by atoms with Gasteiger partial charge in [-0.05, 0) is 42.5 Å². The molecule has 0 saturated heterocycles. The van der Waals surface area contributed by atoms with Gasteiger partial charge in [-0.2, -0.15) is 13.2 Å². The highest BCUT2D eigenvalue weighted by molar-refractivity contribution is 5.92. The first kappa shape index (κ1) is 15.9. The highest BCUT2D eigenvalue weighted by Gasteiger charge is 2.30. The number of ether oxygens (including phenoxy) is 2. The monoisotopic (exact) mass is 336 g/mol. The van der Waals surface area contributed by atoms with Crippen molar-refractivity contribution in [3.05, 3.63) is 59.9 Å². The summed E-state index contributed by atoms with van der Waals surface area (Å²) in [5, 5.41) is 0.676. The summed E-state index contributed by atoms with van der Waals surface area (Å²) in [5.41, 5.74) is -0.348. The van der Waals surface area contributed by atoms with Crippen LogP contribution in [0.25, 0.3) is 11.0 Å². The predicted molar refractivity (Wildman–Crippen MR) is 79.1 cm³/mol. The van der Waals surface area contributed by atoms with Crippen molar-refractivity contribution in [2.75, 3.05) is 7.11 Å². The summed E-state index contributed by atoms with van der Waals surface area (Å²) in [7, 11) is 1.24. The van der Waals surface area contributed by atoms with Gasteiger partial charge in [-0.15, -0.1) is 0 Å². The molecule has 24 heavy (non-hydrogen) atoms. The van der Waals surface area contributed by atoms with Gasteiger partial charge in [-0.1, -0.05) is 0 Å². The molecule has 0 N–H and O–H groups in total. The van der Waals surface area contributed by atoms with E-state index in [1.165, 1.54) is 25.3 Å². The van der Waals surface area contributed by atoms with Crippen LogP contribution in [0.1, 0.15) is 16.1 Å². The van der Waals surface area contributed by atoms with Crippen molar-refractivity contribution >= 4 is 16.9 Å². The topological polar surface area (TPSA) is 48.7 Å². The molecule has 0 aliphatic rings. The second kappa shape index (κ2) is 5.92. The first-order valence-corrected chi connectivity index (χ1v) is 6.84. The van der Waals surface area contributed by atoms with E-state index in [9.17, 15) is 18.0 Å². The van der Waals surface area contributed by atoms with Crippen LogP contribution in [0.15, 0.2) is 52.9 Å². The minimum Gasteiger partial charge on any atom is -0.463 e. The minimum absolute atomic E-state index is 0.0548. The van der Waals surface area contributed by atoms with Crippen molar-refractivity contribution in [1.29, 1.82) is 0 Å². The molecule has 3 aromatic rings. The van der Waals surface area contributed by atoms with Crippen LogP contribution >= 0.6 is 0 Å². The van der Waals surface area contributed by atoms with E-state index >= 15 is 0 Å². The van der Waals surface area contributed by atoms with E-state index < -0.39 is 17.7 Å². The Labute approximate surface area is 134 Å². The van der Waals surface area contributed by atoms with Crippen LogP contribution in [-0.4, -0.2) is 13.1 Å². The highest BCUT2D eigenvalue weighted by Crippen LogP contribution is 2.32. The van der Waals surface area contributed by atoms with Gasteiger partial charge in [0, 0.05) is 11.5 Å². The smallest absolute Gasteiger partial charge is 0.416 e. The third-order valence-electron chi connectivity index (χ3n) is 3.30. The Bertz CT molecular complexity index is 879. The van der Waals surface area contributed by atoms with E-state index in [2.05, 4.69) is 4.74 Å². The van der Waals surface area contributed by atoms with Crippen molar-refractivity contribution in [3.63, 3.8) is 0 Å². The summed E-state index contributed by atoms with van der Waals surface area (Å²) >= 11 is 0. The number of halogens is 3. The largest absolute Gasteiger partial charge is 0.463 e. The van der Waals surface area contributed by atoms with Gasteiger partial charge in [-0.3, -0.25) is 0 Å². The molecule has 7 heteroatoms. The average Bonchev–Trinajstić information content (AvgIpc) is 2.97. The third kappa shape index (κ3) is 3.19. The summed E-state index contributed by atoms with van der Waals surface area (Å²) in [6, 6.07) is 10.7. The number of rotatable bonds is 3. The van der Waals surface area contributed by atoms with Gasteiger partial charge in [0.1, 0.15) is 17.1 Å². The lowest BCUT2D eigenvalue weighted by molar-refractivity contribution is -0.137. The molecule has 0 fully saturated rings. The number of alkyl halides is 3. The second-order valence-corrected chi connectivity index (χ2v) is 4.93. The lowest BCUT2D eigenvalue weighted by atomic mass is 10.2. The lowest BCUT2D eigenvalue weighted by Crippen LogP contribution is -2.03. The Hall–Kier alpha value is -2.96. The first-order chi connectivity index (χ1) is 11.4. The van der Waals surface area contributed by atoms with E-state index in [0.717, 1.165) is 12.1 Å². The molecule has 4 nitrogen and oxygen atoms in total. The fraction of sp³-hybridized carbons (Fsp3) is 0.118. The van der Waals surface area contributed by atoms with Gasteiger partial charge in [0.25, 0.3) is 0 Å². The van der Waals surface area contributed by atoms with Gasteiger partial charge in [0.2, 0.25) is 5.76 Å². The first-order valence-electron chi connectivity index (χ1n) is 6.84. The molecule has 0 spiro atoms. The average molecular weight is 336 g/mol. The SMILES string of the molecule is COC(=O)c1cc2ccc(Oc3ccc(C(F)(F)F)cc3)cc2o1. The van der Waals surface area contributed by atoms with Crippen LogP contribution in [-0.2, 0) is 10.9 Å². The molecule has 0 radical (unpaired) electrons. The highest BCUT2D eigenvalue weighted by atomic mass is 19.4. The summed E-state index contributed by atoms with van der Waals surface area (Å²) < 4.78 is 53.0. The zero-order valence-electron chi connectivity index (χ0n) is 12.4. The maximum absolute atomic E-state index is 12.5. The lowest BCUT2D eigenvalue weighted by Gasteiger charge is -2.08. The molecule has 0 bridgehead atoms. The molecule has 1 aromatic heterocycles. The molecule has 0 aliphatic carbocycles. The molecule has 2 aromatic carbocycles. The number of furan rings is 1. The molecule has 124 valence electrons. The summed E-state index contributed by atoms with van der Waals surface area (Å²) in [6.07, 6.45) is -4.39. The Balaban J connectivity index is 1.83. The van der Waals surface area contributed by atoms with Gasteiger partial charge >= 0.3 is 12.1 Å². The summed E-state index contributed by atoms with van der Waals surface area (Å²) in [6.45, 7) is 0. The number of hydrogen-bond donors (Lipinski definition) is 0. The van der Waals surface area contributed by atoms with Crippen LogP contribution in [0, 0.1) is 0 Å². The summed E-state index contributed by atoms with van der Waals surface area (Å²) in [5.74, 6) is 0.0747. The zero-order chi connectivity index (χ0) is 17.3. The molecule has 0 atom stereocenters. The van der Waals surface area contributed by atoms with Gasteiger partial charge in [-0.25, -0.2) is 4.79 Å². The number of benzene rings is 2. The van der Waals surface area contributed by atoms with Gasteiger partial charge in [0.15, 0.2) is 0 Å². The molecular weight excluding hydrogens is 325 g/mol. The van der Waals surface area contributed by atoms with E-state index in [1.807, 2.05) is 0 Å². The molecule has 1 heterocycles. The fourth-order valence-electron chi connectivity index (χ4n) is 2.12. The number of fused-ring (bicyclic) bond motifs is 1. The number of carbonyl (C=O) groups is 1. The molecule has 0 aliphatic heterocycles. The third-order valence-corrected chi connectivity index (χ3v) is 3.30.